The highest BCUT2D eigenvalue weighted by Gasteiger charge is 2.16. The number of nitrogens with one attached hydrogen (secondary N) is 2. The fraction of sp³-hybridized carbons (Fsp3) is 0.190. The van der Waals surface area contributed by atoms with Gasteiger partial charge in [0.05, 0.1) is 19.9 Å². The Kier molecular flexibility index (Phi) is 6.19. The van der Waals surface area contributed by atoms with Gasteiger partial charge >= 0.3 is 0 Å². The van der Waals surface area contributed by atoms with Gasteiger partial charge in [-0.3, -0.25) is 10.1 Å². The molecule has 2 heterocycles. The van der Waals surface area contributed by atoms with E-state index in [1.54, 1.807) is 32.4 Å². The molecule has 10 heteroatoms. The molecule has 0 radical (unpaired) electrons. The smallest absolute Gasteiger partial charge is 0.257 e. The molecule has 31 heavy (non-hydrogen) atoms. The van der Waals surface area contributed by atoms with Crippen molar-refractivity contribution in [2.45, 2.75) is 0 Å². The first-order chi connectivity index (χ1) is 15.1. The van der Waals surface area contributed by atoms with Crippen molar-refractivity contribution < 1.29 is 23.7 Å². The molecule has 0 aliphatic carbocycles. The molecule has 0 bridgehead atoms. The summed E-state index contributed by atoms with van der Waals surface area (Å²) in [5.74, 6) is 2.06. The molecule has 8 nitrogen and oxygen atoms in total. The Hall–Kier alpha value is -3.37. The van der Waals surface area contributed by atoms with Crippen LogP contribution in [0, 0.1) is 0 Å². The SMILES string of the molecule is COc1ccc(-c2csc(NC(=S)NC(=O)c3ccc4c(c3)OCCO4)n2)cc1OC. The number of anilines is 1. The molecule has 0 atom stereocenters. The maximum absolute atomic E-state index is 12.5. The van der Waals surface area contributed by atoms with E-state index in [4.69, 9.17) is 31.2 Å². The zero-order valence-corrected chi connectivity index (χ0v) is 18.4. The average molecular weight is 458 g/mol. The molecule has 3 aromatic rings. The number of carbonyl (C=O) groups is 1. The third kappa shape index (κ3) is 4.70. The van der Waals surface area contributed by atoms with Crippen LogP contribution in [0.4, 0.5) is 5.13 Å². The molecule has 0 saturated heterocycles. The minimum absolute atomic E-state index is 0.146. The van der Waals surface area contributed by atoms with Crippen molar-refractivity contribution in [3.05, 3.63) is 47.3 Å². The number of thiazole rings is 1. The monoisotopic (exact) mass is 457 g/mol. The van der Waals surface area contributed by atoms with E-state index in [-0.39, 0.29) is 11.0 Å². The number of hydrogen-bond acceptors (Lipinski definition) is 8. The summed E-state index contributed by atoms with van der Waals surface area (Å²) < 4.78 is 21.6. The lowest BCUT2D eigenvalue weighted by Gasteiger charge is -2.18. The average Bonchev–Trinajstić information content (AvgIpc) is 3.26. The van der Waals surface area contributed by atoms with Crippen LogP contribution in [0.3, 0.4) is 0 Å². The number of ether oxygens (including phenoxy) is 4. The Labute approximate surface area is 188 Å². The molecule has 2 N–H and O–H groups in total. The van der Waals surface area contributed by atoms with Gasteiger partial charge in [0.25, 0.3) is 5.91 Å². The van der Waals surface area contributed by atoms with Gasteiger partial charge in [0.1, 0.15) is 13.2 Å². The molecular formula is C21H19N3O5S2. The Morgan fingerprint density at radius 1 is 1.06 bits per heavy atom. The van der Waals surface area contributed by atoms with E-state index in [0.29, 0.717) is 46.9 Å². The van der Waals surface area contributed by atoms with Gasteiger partial charge in [-0.15, -0.1) is 11.3 Å². The number of fused-ring (bicyclic) bond motifs is 1. The van der Waals surface area contributed by atoms with E-state index in [9.17, 15) is 4.79 Å². The van der Waals surface area contributed by atoms with E-state index in [0.717, 1.165) is 11.3 Å². The van der Waals surface area contributed by atoms with E-state index in [2.05, 4.69) is 15.6 Å². The maximum atomic E-state index is 12.5. The van der Waals surface area contributed by atoms with Crippen molar-refractivity contribution in [1.29, 1.82) is 0 Å². The van der Waals surface area contributed by atoms with Crippen LogP contribution < -0.4 is 29.6 Å². The number of hydrogen-bond donors (Lipinski definition) is 2. The second kappa shape index (κ2) is 9.19. The zero-order chi connectivity index (χ0) is 21.8. The number of amides is 1. The summed E-state index contributed by atoms with van der Waals surface area (Å²) in [6, 6.07) is 10.5. The Morgan fingerprint density at radius 3 is 2.61 bits per heavy atom. The van der Waals surface area contributed by atoms with Crippen LogP contribution in [0.1, 0.15) is 10.4 Å². The standard InChI is InChI=1S/C21H19N3O5S2/c1-26-15-5-3-12(9-17(15)27-2)14-11-31-21(22-14)24-20(30)23-19(25)13-4-6-16-18(10-13)29-8-7-28-16/h3-6,9-11H,7-8H2,1-2H3,(H2,22,23,24,25,30). The quantitative estimate of drug-likeness (QED) is 0.560. The van der Waals surface area contributed by atoms with Gasteiger partial charge in [-0.2, -0.15) is 0 Å². The van der Waals surface area contributed by atoms with Crippen LogP contribution in [0.2, 0.25) is 0 Å². The Morgan fingerprint density at radius 2 is 1.84 bits per heavy atom. The van der Waals surface area contributed by atoms with Crippen LogP contribution in [-0.4, -0.2) is 43.4 Å². The first-order valence-corrected chi connectivity index (χ1v) is 10.6. The van der Waals surface area contributed by atoms with E-state index in [1.807, 2.05) is 23.6 Å². The minimum Gasteiger partial charge on any atom is -0.493 e. The lowest BCUT2D eigenvalue weighted by molar-refractivity contribution is 0.0976. The summed E-state index contributed by atoms with van der Waals surface area (Å²) in [6.45, 7) is 0.941. The van der Waals surface area contributed by atoms with Crippen molar-refractivity contribution in [1.82, 2.24) is 10.3 Å². The number of methoxy groups -OCH3 is 2. The summed E-state index contributed by atoms with van der Waals surface area (Å²) >= 11 is 6.63. The molecule has 1 aliphatic heterocycles. The molecular weight excluding hydrogens is 438 g/mol. The van der Waals surface area contributed by atoms with Crippen molar-refractivity contribution in [2.75, 3.05) is 32.8 Å². The largest absolute Gasteiger partial charge is 0.493 e. The van der Waals surface area contributed by atoms with Gasteiger partial charge in [0.2, 0.25) is 0 Å². The first kappa shape index (κ1) is 20.9. The minimum atomic E-state index is -0.355. The van der Waals surface area contributed by atoms with Crippen LogP contribution >= 0.6 is 23.6 Å². The maximum Gasteiger partial charge on any atom is 0.257 e. The van der Waals surface area contributed by atoms with E-state index < -0.39 is 0 Å². The highest BCUT2D eigenvalue weighted by Crippen LogP contribution is 2.33. The van der Waals surface area contributed by atoms with Gasteiger partial charge in [0, 0.05) is 16.5 Å². The second-order valence-corrected chi connectivity index (χ2v) is 7.64. The van der Waals surface area contributed by atoms with Crippen molar-refractivity contribution in [3.8, 4) is 34.3 Å². The first-order valence-electron chi connectivity index (χ1n) is 9.27. The summed E-state index contributed by atoms with van der Waals surface area (Å²) in [4.78, 5) is 17.0. The lowest BCUT2D eigenvalue weighted by atomic mass is 10.1. The molecule has 4 rings (SSSR count). The Bertz CT molecular complexity index is 1130. The van der Waals surface area contributed by atoms with Crippen LogP contribution in [0.25, 0.3) is 11.3 Å². The van der Waals surface area contributed by atoms with Crippen LogP contribution in [0.5, 0.6) is 23.0 Å². The van der Waals surface area contributed by atoms with Crippen LogP contribution in [0.15, 0.2) is 41.8 Å². The molecule has 1 amide bonds. The Balaban J connectivity index is 1.40. The second-order valence-electron chi connectivity index (χ2n) is 6.37. The molecule has 1 aromatic heterocycles. The zero-order valence-electron chi connectivity index (χ0n) is 16.8. The van der Waals surface area contributed by atoms with Crippen LogP contribution in [-0.2, 0) is 0 Å². The number of aromatic nitrogens is 1. The normalized spacial score (nSPS) is 12.1. The van der Waals surface area contributed by atoms with Gasteiger partial charge in [-0.25, -0.2) is 4.98 Å². The van der Waals surface area contributed by atoms with Gasteiger partial charge in [-0.05, 0) is 48.6 Å². The van der Waals surface area contributed by atoms with Crippen molar-refractivity contribution in [3.63, 3.8) is 0 Å². The molecule has 0 fully saturated rings. The summed E-state index contributed by atoms with van der Waals surface area (Å²) in [6.07, 6.45) is 0. The third-order valence-corrected chi connectivity index (χ3v) is 5.40. The number of nitrogens with zero attached hydrogens (tertiary/aromatic N) is 1. The lowest BCUT2D eigenvalue weighted by Crippen LogP contribution is -2.34. The molecule has 160 valence electrons. The number of benzene rings is 2. The van der Waals surface area contributed by atoms with Gasteiger partial charge in [-0.1, -0.05) is 0 Å². The highest BCUT2D eigenvalue weighted by atomic mass is 32.1. The van der Waals surface area contributed by atoms with Gasteiger partial charge in [0.15, 0.2) is 33.2 Å². The van der Waals surface area contributed by atoms with Crippen molar-refractivity contribution in [2.24, 2.45) is 0 Å². The van der Waals surface area contributed by atoms with Crippen molar-refractivity contribution >= 4 is 39.7 Å². The third-order valence-electron chi connectivity index (χ3n) is 4.44. The molecule has 0 saturated carbocycles. The predicted molar refractivity (Wildman–Crippen MR) is 122 cm³/mol. The number of rotatable bonds is 5. The predicted octanol–water partition coefficient (Wildman–Crippen LogP) is 3.73. The highest BCUT2D eigenvalue weighted by molar-refractivity contribution is 7.80. The topological polar surface area (TPSA) is 90.9 Å². The fourth-order valence-corrected chi connectivity index (χ4v) is 3.93. The number of thiocarbonyl (C=S) groups is 1. The molecule has 2 aromatic carbocycles. The molecule has 1 aliphatic rings. The number of carbonyl (C=O) groups excluding carboxylic acids is 1. The summed E-state index contributed by atoms with van der Waals surface area (Å²) in [5.41, 5.74) is 2.03. The summed E-state index contributed by atoms with van der Waals surface area (Å²) in [5, 5.41) is 8.17. The summed E-state index contributed by atoms with van der Waals surface area (Å²) in [7, 11) is 3.17. The van der Waals surface area contributed by atoms with Gasteiger partial charge < -0.3 is 24.3 Å². The van der Waals surface area contributed by atoms with E-state index >= 15 is 0 Å². The molecule has 0 unspecified atom stereocenters. The fourth-order valence-electron chi connectivity index (χ4n) is 2.95. The van der Waals surface area contributed by atoms with E-state index in [1.165, 1.54) is 11.3 Å². The molecule has 0 spiro atoms.